The first-order valence-electron chi connectivity index (χ1n) is 6.41. The summed E-state index contributed by atoms with van der Waals surface area (Å²) in [6.07, 6.45) is -0.663. The third kappa shape index (κ3) is 4.27. The van der Waals surface area contributed by atoms with Gasteiger partial charge in [-0.1, -0.05) is 19.9 Å². The molecule has 0 bridgehead atoms. The molecule has 0 saturated carbocycles. The van der Waals surface area contributed by atoms with Crippen molar-refractivity contribution in [1.82, 2.24) is 4.90 Å². The molecule has 0 radical (unpaired) electrons. The van der Waals surface area contributed by atoms with Crippen molar-refractivity contribution in [2.24, 2.45) is 0 Å². The van der Waals surface area contributed by atoms with E-state index >= 15 is 0 Å². The number of aliphatic hydroxyl groups is 1. The lowest BCUT2D eigenvalue weighted by Crippen LogP contribution is -2.28. The number of benzene rings is 1. The molecule has 1 N–H and O–H groups in total. The lowest BCUT2D eigenvalue weighted by atomic mass is 10.1. The zero-order valence-corrected chi connectivity index (χ0v) is 11.3. The van der Waals surface area contributed by atoms with E-state index in [0.29, 0.717) is 12.2 Å². The van der Waals surface area contributed by atoms with Crippen LogP contribution in [0.3, 0.4) is 0 Å². The van der Waals surface area contributed by atoms with Gasteiger partial charge in [-0.3, -0.25) is 0 Å². The van der Waals surface area contributed by atoms with Crippen LogP contribution in [-0.4, -0.2) is 36.2 Å². The largest absolute Gasteiger partial charge is 0.489 e. The molecule has 0 spiro atoms. The standard InChI is InChI=1S/C14H22FNO2/c1-4-16(5-2)8-9-18-14-7-6-12(11(3)17)10-13(14)15/h6-7,10-11,17H,4-5,8-9H2,1-3H3/t11-/m0/s1. The molecule has 3 nitrogen and oxygen atoms in total. The van der Waals surface area contributed by atoms with Crippen molar-refractivity contribution in [2.45, 2.75) is 26.9 Å². The smallest absolute Gasteiger partial charge is 0.165 e. The van der Waals surface area contributed by atoms with Gasteiger partial charge in [-0.2, -0.15) is 0 Å². The molecule has 0 aromatic heterocycles. The second-order valence-corrected chi connectivity index (χ2v) is 4.24. The van der Waals surface area contributed by atoms with Gasteiger partial charge >= 0.3 is 0 Å². The number of hydrogen-bond donors (Lipinski definition) is 1. The molecule has 0 aliphatic carbocycles. The molecule has 102 valence electrons. The lowest BCUT2D eigenvalue weighted by Gasteiger charge is -2.18. The first-order chi connectivity index (χ1) is 8.58. The van der Waals surface area contributed by atoms with Crippen molar-refractivity contribution in [3.63, 3.8) is 0 Å². The van der Waals surface area contributed by atoms with Crippen LogP contribution >= 0.6 is 0 Å². The fourth-order valence-electron chi connectivity index (χ4n) is 1.72. The summed E-state index contributed by atoms with van der Waals surface area (Å²) in [5.74, 6) is -0.181. The summed E-state index contributed by atoms with van der Waals surface area (Å²) in [5.41, 5.74) is 0.559. The molecule has 0 amide bonds. The van der Waals surface area contributed by atoms with E-state index < -0.39 is 11.9 Å². The molecule has 18 heavy (non-hydrogen) atoms. The molecule has 0 saturated heterocycles. The minimum atomic E-state index is -0.663. The van der Waals surface area contributed by atoms with Crippen LogP contribution in [0.4, 0.5) is 4.39 Å². The van der Waals surface area contributed by atoms with Gasteiger partial charge in [0, 0.05) is 6.54 Å². The van der Waals surface area contributed by atoms with Crippen LogP contribution in [0.5, 0.6) is 5.75 Å². The Morgan fingerprint density at radius 1 is 1.33 bits per heavy atom. The quantitative estimate of drug-likeness (QED) is 0.813. The normalized spacial score (nSPS) is 12.8. The summed E-state index contributed by atoms with van der Waals surface area (Å²) >= 11 is 0. The maximum Gasteiger partial charge on any atom is 0.165 e. The van der Waals surface area contributed by atoms with E-state index in [-0.39, 0.29) is 5.75 Å². The Balaban J connectivity index is 2.53. The summed E-state index contributed by atoms with van der Waals surface area (Å²) in [7, 11) is 0. The molecule has 0 unspecified atom stereocenters. The summed E-state index contributed by atoms with van der Waals surface area (Å²) in [6.45, 7) is 8.95. The van der Waals surface area contributed by atoms with Gasteiger partial charge in [0.2, 0.25) is 0 Å². The summed E-state index contributed by atoms with van der Waals surface area (Å²) in [6, 6.07) is 4.57. The maximum atomic E-state index is 13.6. The highest BCUT2D eigenvalue weighted by molar-refractivity contribution is 5.30. The Morgan fingerprint density at radius 3 is 2.50 bits per heavy atom. The van der Waals surface area contributed by atoms with Crippen LogP contribution in [0, 0.1) is 5.82 Å². The Labute approximate surface area is 108 Å². The van der Waals surface area contributed by atoms with Crippen molar-refractivity contribution in [3.8, 4) is 5.75 Å². The fourth-order valence-corrected chi connectivity index (χ4v) is 1.72. The summed E-state index contributed by atoms with van der Waals surface area (Å²) < 4.78 is 19.1. The van der Waals surface area contributed by atoms with Crippen LogP contribution < -0.4 is 4.74 Å². The van der Waals surface area contributed by atoms with Gasteiger partial charge in [-0.25, -0.2) is 4.39 Å². The van der Waals surface area contributed by atoms with E-state index in [0.717, 1.165) is 19.6 Å². The summed E-state index contributed by atoms with van der Waals surface area (Å²) in [4.78, 5) is 2.21. The Bertz CT molecular complexity index is 365. The van der Waals surface area contributed by atoms with Gasteiger partial charge in [0.25, 0.3) is 0 Å². The minimum absolute atomic E-state index is 0.242. The van der Waals surface area contributed by atoms with Crippen molar-refractivity contribution >= 4 is 0 Å². The van der Waals surface area contributed by atoms with Gasteiger partial charge in [-0.05, 0) is 37.7 Å². The molecular weight excluding hydrogens is 233 g/mol. The third-order valence-corrected chi connectivity index (χ3v) is 3.00. The van der Waals surface area contributed by atoms with Crippen LogP contribution in [-0.2, 0) is 0 Å². The van der Waals surface area contributed by atoms with Gasteiger partial charge in [0.05, 0.1) is 6.10 Å². The van der Waals surface area contributed by atoms with Crippen LogP contribution in [0.15, 0.2) is 18.2 Å². The molecule has 1 rings (SSSR count). The SMILES string of the molecule is CCN(CC)CCOc1ccc([C@H](C)O)cc1F. The van der Waals surface area contributed by atoms with E-state index in [2.05, 4.69) is 18.7 Å². The lowest BCUT2D eigenvalue weighted by molar-refractivity contribution is 0.197. The molecule has 1 aromatic carbocycles. The van der Waals surface area contributed by atoms with Crippen LogP contribution in [0.25, 0.3) is 0 Å². The monoisotopic (exact) mass is 255 g/mol. The van der Waals surface area contributed by atoms with Crippen LogP contribution in [0.2, 0.25) is 0 Å². The second-order valence-electron chi connectivity index (χ2n) is 4.24. The van der Waals surface area contributed by atoms with E-state index in [1.807, 2.05) is 0 Å². The maximum absolute atomic E-state index is 13.6. The molecule has 4 heteroatoms. The van der Waals surface area contributed by atoms with Gasteiger partial charge in [0.1, 0.15) is 6.61 Å². The van der Waals surface area contributed by atoms with Crippen molar-refractivity contribution in [2.75, 3.05) is 26.2 Å². The molecular formula is C14H22FNO2. The number of likely N-dealkylation sites (N-methyl/N-ethyl adjacent to an activating group) is 1. The number of hydrogen-bond acceptors (Lipinski definition) is 3. The fraction of sp³-hybridized carbons (Fsp3) is 0.571. The third-order valence-electron chi connectivity index (χ3n) is 3.00. The van der Waals surface area contributed by atoms with Crippen LogP contribution in [0.1, 0.15) is 32.4 Å². The van der Waals surface area contributed by atoms with Gasteiger partial charge in [-0.15, -0.1) is 0 Å². The van der Waals surface area contributed by atoms with E-state index in [1.165, 1.54) is 6.07 Å². The molecule has 0 aliphatic rings. The highest BCUT2D eigenvalue weighted by Crippen LogP contribution is 2.21. The topological polar surface area (TPSA) is 32.7 Å². The molecule has 0 aliphatic heterocycles. The average Bonchev–Trinajstić information content (AvgIpc) is 2.36. The van der Waals surface area contributed by atoms with Crippen molar-refractivity contribution in [1.29, 1.82) is 0 Å². The number of nitrogens with zero attached hydrogens (tertiary/aromatic N) is 1. The Morgan fingerprint density at radius 2 is 2.00 bits per heavy atom. The second kappa shape index (κ2) is 7.34. The highest BCUT2D eigenvalue weighted by atomic mass is 19.1. The average molecular weight is 255 g/mol. The molecule has 0 fully saturated rings. The minimum Gasteiger partial charge on any atom is -0.489 e. The van der Waals surface area contributed by atoms with Gasteiger partial charge in [0.15, 0.2) is 11.6 Å². The van der Waals surface area contributed by atoms with E-state index in [9.17, 15) is 9.50 Å². The summed E-state index contributed by atoms with van der Waals surface area (Å²) in [5, 5.41) is 9.34. The Kier molecular flexibility index (Phi) is 6.09. The number of halogens is 1. The van der Waals surface area contributed by atoms with E-state index in [1.54, 1.807) is 19.1 Å². The zero-order valence-electron chi connectivity index (χ0n) is 11.3. The predicted molar refractivity (Wildman–Crippen MR) is 70.3 cm³/mol. The number of aliphatic hydroxyl groups excluding tert-OH is 1. The van der Waals surface area contributed by atoms with E-state index in [4.69, 9.17) is 4.74 Å². The van der Waals surface area contributed by atoms with Crippen molar-refractivity contribution in [3.05, 3.63) is 29.6 Å². The predicted octanol–water partition coefficient (Wildman–Crippen LogP) is 2.60. The molecule has 1 atom stereocenters. The van der Waals surface area contributed by atoms with Gasteiger partial charge < -0.3 is 14.7 Å². The zero-order chi connectivity index (χ0) is 13.5. The molecule has 0 heterocycles. The highest BCUT2D eigenvalue weighted by Gasteiger charge is 2.08. The first kappa shape index (κ1) is 14.9. The van der Waals surface area contributed by atoms with Crippen molar-refractivity contribution < 1.29 is 14.2 Å². The Hall–Kier alpha value is -1.13. The molecule has 1 aromatic rings. The first-order valence-corrected chi connectivity index (χ1v) is 6.41. The number of rotatable bonds is 7. The number of ether oxygens (including phenoxy) is 1.